The Morgan fingerprint density at radius 2 is 1.68 bits per heavy atom. The van der Waals surface area contributed by atoms with Crippen LogP contribution in [0.15, 0.2) is 36.4 Å². The van der Waals surface area contributed by atoms with Crippen LogP contribution in [0.1, 0.15) is 36.0 Å². The molecule has 166 valence electrons. The molecule has 2 aromatic rings. The smallest absolute Gasteiger partial charge is 0.222 e. The number of rotatable bonds is 4. The zero-order valence-corrected chi connectivity index (χ0v) is 18.4. The molecule has 0 aromatic heterocycles. The van der Waals surface area contributed by atoms with E-state index in [0.29, 0.717) is 31.1 Å². The average molecular weight is 428 g/mol. The fraction of sp³-hybridized carbons (Fsp3) is 0.480. The first-order valence-corrected chi connectivity index (χ1v) is 11.2. The summed E-state index contributed by atoms with van der Waals surface area (Å²) in [5.74, 6) is -1.62. The predicted octanol–water partition coefficient (Wildman–Crippen LogP) is 4.28. The van der Waals surface area contributed by atoms with Gasteiger partial charge in [-0.2, -0.15) is 0 Å². The van der Waals surface area contributed by atoms with Gasteiger partial charge in [0.15, 0.2) is 11.6 Å². The van der Waals surface area contributed by atoms with Gasteiger partial charge in [0.1, 0.15) is 0 Å². The number of benzene rings is 2. The summed E-state index contributed by atoms with van der Waals surface area (Å²) in [5.41, 5.74) is 4.56. The van der Waals surface area contributed by atoms with Crippen LogP contribution < -0.4 is 4.90 Å². The number of likely N-dealkylation sites (tertiary alicyclic amines) is 1. The molecule has 2 aliphatic heterocycles. The van der Waals surface area contributed by atoms with Gasteiger partial charge in [-0.15, -0.1) is 0 Å². The minimum absolute atomic E-state index is 0.0983. The molecule has 0 spiro atoms. The van der Waals surface area contributed by atoms with Crippen molar-refractivity contribution in [3.05, 3.63) is 64.7 Å². The van der Waals surface area contributed by atoms with Crippen molar-refractivity contribution in [1.82, 2.24) is 9.80 Å². The first-order chi connectivity index (χ1) is 14.9. The maximum Gasteiger partial charge on any atom is 0.222 e. The second-order valence-corrected chi connectivity index (χ2v) is 8.86. The largest absolute Gasteiger partial charge is 0.369 e. The second-order valence-electron chi connectivity index (χ2n) is 8.86. The maximum absolute atomic E-state index is 13.5. The highest BCUT2D eigenvalue weighted by Crippen LogP contribution is 2.25. The highest BCUT2D eigenvalue weighted by atomic mass is 19.2. The molecule has 0 bridgehead atoms. The van der Waals surface area contributed by atoms with Crippen molar-refractivity contribution in [2.75, 3.05) is 37.6 Å². The fourth-order valence-corrected chi connectivity index (χ4v) is 4.90. The number of nitrogens with zero attached hydrogens (tertiary/aromatic N) is 3. The summed E-state index contributed by atoms with van der Waals surface area (Å²) in [6.07, 6.45) is 2.28. The van der Waals surface area contributed by atoms with E-state index in [4.69, 9.17) is 0 Å². The molecular formula is C25H31F2N3O. The van der Waals surface area contributed by atoms with Gasteiger partial charge >= 0.3 is 0 Å². The van der Waals surface area contributed by atoms with Crippen LogP contribution in [0, 0.1) is 25.5 Å². The van der Waals surface area contributed by atoms with Crippen molar-refractivity contribution >= 4 is 11.6 Å². The highest BCUT2D eigenvalue weighted by Gasteiger charge is 2.29. The van der Waals surface area contributed by atoms with E-state index in [9.17, 15) is 13.6 Å². The van der Waals surface area contributed by atoms with Crippen LogP contribution in [-0.4, -0.2) is 54.5 Å². The van der Waals surface area contributed by atoms with Crippen LogP contribution in [-0.2, 0) is 11.3 Å². The van der Waals surface area contributed by atoms with Crippen molar-refractivity contribution in [3.8, 4) is 0 Å². The Bertz CT molecular complexity index is 940. The molecular weight excluding hydrogens is 396 g/mol. The maximum atomic E-state index is 13.5. The number of aryl methyl sites for hydroxylation is 2. The summed E-state index contributed by atoms with van der Waals surface area (Å²) in [5, 5.41) is 0. The summed E-state index contributed by atoms with van der Waals surface area (Å²) in [4.78, 5) is 19.4. The van der Waals surface area contributed by atoms with Crippen LogP contribution in [0.4, 0.5) is 14.5 Å². The molecule has 4 nitrogen and oxygen atoms in total. The lowest BCUT2D eigenvalue weighted by molar-refractivity contribution is -0.131. The van der Waals surface area contributed by atoms with E-state index in [2.05, 4.69) is 41.8 Å². The molecule has 2 saturated heterocycles. The number of piperazine rings is 1. The van der Waals surface area contributed by atoms with Crippen LogP contribution in [0.25, 0.3) is 0 Å². The Hall–Kier alpha value is -2.47. The number of hydrogen-bond donors (Lipinski definition) is 0. The minimum Gasteiger partial charge on any atom is -0.369 e. The quantitative estimate of drug-likeness (QED) is 0.729. The summed E-state index contributed by atoms with van der Waals surface area (Å²) in [6, 6.07) is 10.9. The van der Waals surface area contributed by atoms with Crippen LogP contribution >= 0.6 is 0 Å². The first kappa shape index (κ1) is 21.8. The summed E-state index contributed by atoms with van der Waals surface area (Å²) in [7, 11) is 0. The normalized spacial score (nSPS) is 20.8. The fourth-order valence-electron chi connectivity index (χ4n) is 4.90. The van der Waals surface area contributed by atoms with Crippen LogP contribution in [0.5, 0.6) is 0 Å². The predicted molar refractivity (Wildman–Crippen MR) is 119 cm³/mol. The third-order valence-corrected chi connectivity index (χ3v) is 6.66. The molecule has 2 aliphatic rings. The Morgan fingerprint density at radius 3 is 2.39 bits per heavy atom. The van der Waals surface area contributed by atoms with E-state index in [1.807, 2.05) is 0 Å². The summed E-state index contributed by atoms with van der Waals surface area (Å²) >= 11 is 0. The average Bonchev–Trinajstić information content (AvgIpc) is 2.93. The number of carbonyl (C=O) groups is 1. The Kier molecular flexibility index (Phi) is 6.56. The lowest BCUT2D eigenvalue weighted by atomic mass is 10.1. The molecule has 0 N–H and O–H groups in total. The SMILES string of the molecule is Cc1ccc(N2CCN(C3CCC(=O)N(Cc4ccc(F)c(F)c4)CC3)CC2)c(C)c1. The number of amides is 1. The van der Waals surface area contributed by atoms with Gasteiger partial charge in [0, 0.05) is 57.4 Å². The lowest BCUT2D eigenvalue weighted by Gasteiger charge is -2.40. The molecule has 6 heteroatoms. The van der Waals surface area contributed by atoms with Gasteiger partial charge in [-0.05, 0) is 56.0 Å². The van der Waals surface area contributed by atoms with Gasteiger partial charge in [-0.1, -0.05) is 23.8 Å². The molecule has 2 aromatic carbocycles. The van der Waals surface area contributed by atoms with E-state index in [0.717, 1.165) is 45.1 Å². The van der Waals surface area contributed by atoms with E-state index < -0.39 is 11.6 Å². The number of carbonyl (C=O) groups excluding carboxylic acids is 1. The number of halogens is 2. The molecule has 4 rings (SSSR count). The molecule has 2 heterocycles. The van der Waals surface area contributed by atoms with Crippen LogP contribution in [0.3, 0.4) is 0 Å². The molecule has 1 atom stereocenters. The van der Waals surface area contributed by atoms with E-state index in [-0.39, 0.29) is 5.91 Å². The van der Waals surface area contributed by atoms with Crippen molar-refractivity contribution in [3.63, 3.8) is 0 Å². The molecule has 31 heavy (non-hydrogen) atoms. The Morgan fingerprint density at radius 1 is 0.903 bits per heavy atom. The van der Waals surface area contributed by atoms with Gasteiger partial charge in [0.05, 0.1) is 0 Å². The second kappa shape index (κ2) is 9.35. The van der Waals surface area contributed by atoms with Crippen molar-refractivity contribution < 1.29 is 13.6 Å². The Labute approximate surface area is 183 Å². The molecule has 1 amide bonds. The van der Waals surface area contributed by atoms with Gasteiger partial charge in [-0.3, -0.25) is 9.69 Å². The standard InChI is InChI=1S/C25H31F2N3O/c1-18-3-7-24(19(2)15-18)29-13-11-28(12-14-29)21-5-8-25(31)30(10-9-21)17-20-4-6-22(26)23(27)16-20/h3-4,6-7,15-16,21H,5,8-14,17H2,1-2H3. The van der Waals surface area contributed by atoms with Crippen molar-refractivity contribution in [2.24, 2.45) is 0 Å². The molecule has 2 fully saturated rings. The topological polar surface area (TPSA) is 26.8 Å². The zero-order chi connectivity index (χ0) is 22.0. The Balaban J connectivity index is 1.33. The minimum atomic E-state index is -0.862. The highest BCUT2D eigenvalue weighted by molar-refractivity contribution is 5.76. The third kappa shape index (κ3) is 5.06. The number of hydrogen-bond acceptors (Lipinski definition) is 3. The van der Waals surface area contributed by atoms with Gasteiger partial charge in [-0.25, -0.2) is 8.78 Å². The van der Waals surface area contributed by atoms with Gasteiger partial charge < -0.3 is 9.80 Å². The van der Waals surface area contributed by atoms with Gasteiger partial charge in [0.25, 0.3) is 0 Å². The molecule has 0 aliphatic carbocycles. The molecule has 0 radical (unpaired) electrons. The van der Waals surface area contributed by atoms with E-state index in [1.54, 1.807) is 11.0 Å². The number of anilines is 1. The third-order valence-electron chi connectivity index (χ3n) is 6.66. The molecule has 0 saturated carbocycles. The lowest BCUT2D eigenvalue weighted by Crippen LogP contribution is -2.50. The molecule has 1 unspecified atom stereocenters. The van der Waals surface area contributed by atoms with E-state index in [1.165, 1.54) is 22.9 Å². The zero-order valence-electron chi connectivity index (χ0n) is 18.4. The summed E-state index contributed by atoms with van der Waals surface area (Å²) in [6.45, 7) is 9.26. The van der Waals surface area contributed by atoms with Crippen molar-refractivity contribution in [2.45, 2.75) is 45.7 Å². The van der Waals surface area contributed by atoms with Crippen LogP contribution in [0.2, 0.25) is 0 Å². The summed E-state index contributed by atoms with van der Waals surface area (Å²) < 4.78 is 26.7. The first-order valence-electron chi connectivity index (χ1n) is 11.2. The van der Waals surface area contributed by atoms with Gasteiger partial charge in [0.2, 0.25) is 5.91 Å². The van der Waals surface area contributed by atoms with E-state index >= 15 is 0 Å². The monoisotopic (exact) mass is 427 g/mol. The van der Waals surface area contributed by atoms with Crippen molar-refractivity contribution in [1.29, 1.82) is 0 Å².